The average Bonchev–Trinajstić information content (AvgIpc) is 3.33. The summed E-state index contributed by atoms with van der Waals surface area (Å²) < 4.78 is 7.58. The lowest BCUT2D eigenvalue weighted by Gasteiger charge is -2.13. The van der Waals surface area contributed by atoms with E-state index in [2.05, 4.69) is 5.32 Å². The molecule has 4 aromatic carbocycles. The van der Waals surface area contributed by atoms with Crippen LogP contribution in [0.15, 0.2) is 91.0 Å². The Balaban J connectivity index is 1.63. The van der Waals surface area contributed by atoms with Gasteiger partial charge in [-0.15, -0.1) is 0 Å². The number of nitrogens with zero attached hydrogens (tertiary/aromatic N) is 3. The van der Waals surface area contributed by atoms with Crippen molar-refractivity contribution in [2.45, 2.75) is 20.8 Å². The number of halogens is 1. The van der Waals surface area contributed by atoms with E-state index in [-0.39, 0.29) is 5.91 Å². The Hall–Kier alpha value is -4.88. The second-order valence-electron chi connectivity index (χ2n) is 10.3. The third kappa shape index (κ3) is 6.06. The molecule has 1 amide bonds. The van der Waals surface area contributed by atoms with Crippen LogP contribution in [0.2, 0.25) is 5.02 Å². The molecule has 1 N–H and O–H groups in total. The quantitative estimate of drug-likeness (QED) is 0.200. The minimum absolute atomic E-state index is 0.246. The Morgan fingerprint density at radius 1 is 0.857 bits per heavy atom. The molecule has 0 spiro atoms. The van der Waals surface area contributed by atoms with Gasteiger partial charge in [-0.3, -0.25) is 9.59 Å². The molecule has 5 rings (SSSR count). The molecule has 0 aliphatic carbocycles. The van der Waals surface area contributed by atoms with Gasteiger partial charge >= 0.3 is 5.97 Å². The number of nitrogens with one attached hydrogen (secondary N) is 1. The van der Waals surface area contributed by atoms with Gasteiger partial charge in [0.15, 0.2) is 0 Å². The van der Waals surface area contributed by atoms with Gasteiger partial charge in [-0.05, 0) is 85.1 Å². The molecule has 8 heteroatoms. The number of rotatable bonds is 7. The number of hydrogen-bond acceptors (Lipinski definition) is 5. The Bertz CT molecular complexity index is 1760. The molecular weight excluding hydrogens is 548 g/mol. The largest absolute Gasteiger partial charge is 0.407 e. The van der Waals surface area contributed by atoms with Crippen LogP contribution < -0.4 is 15.0 Å². The Morgan fingerprint density at radius 3 is 2.12 bits per heavy atom. The highest BCUT2D eigenvalue weighted by Gasteiger charge is 2.25. The molecule has 1 aromatic heterocycles. The van der Waals surface area contributed by atoms with Gasteiger partial charge in [0.25, 0.3) is 5.91 Å². The van der Waals surface area contributed by atoms with Crippen molar-refractivity contribution in [1.29, 1.82) is 0 Å². The van der Waals surface area contributed by atoms with Crippen LogP contribution in [0, 0.1) is 13.8 Å². The summed E-state index contributed by atoms with van der Waals surface area (Å²) in [6.45, 7) is 5.39. The molecular formula is C34H31ClN4O3. The van der Waals surface area contributed by atoms with Gasteiger partial charge in [-0.25, -0.2) is 0 Å². The number of aromatic nitrogens is 2. The van der Waals surface area contributed by atoms with Gasteiger partial charge in [-0.1, -0.05) is 48.0 Å². The molecule has 7 nitrogen and oxygen atoms in total. The fourth-order valence-corrected chi connectivity index (χ4v) is 4.77. The first-order chi connectivity index (χ1) is 20.1. The number of ether oxygens (including phenoxy) is 1. The van der Waals surface area contributed by atoms with Crippen molar-refractivity contribution in [2.24, 2.45) is 0 Å². The van der Waals surface area contributed by atoms with Crippen LogP contribution in [-0.4, -0.2) is 35.8 Å². The third-order valence-electron chi connectivity index (χ3n) is 6.87. The lowest BCUT2D eigenvalue weighted by molar-refractivity contribution is -0.132. The fraction of sp³-hybridized carbons (Fsp3) is 0.147. The number of carbonyl (C=O) groups is 2. The van der Waals surface area contributed by atoms with E-state index in [0.29, 0.717) is 33.4 Å². The monoisotopic (exact) mass is 578 g/mol. The summed E-state index contributed by atoms with van der Waals surface area (Å²) in [7, 11) is 3.98. The second kappa shape index (κ2) is 11.9. The number of aryl methyl sites for hydroxylation is 2. The predicted molar refractivity (Wildman–Crippen MR) is 169 cm³/mol. The standard InChI is InChI=1S/C34H31ClN4O3/c1-21-6-7-22(2)30(20-21)39-34(42-23(3)40)31(32(37-39)25-12-18-29(19-13-25)38(4)5)24-10-16-28(17-11-24)36-33(41)26-8-14-27(35)15-9-26/h6-20H,1-5H3,(H,36,41). The van der Waals surface area contributed by atoms with Crippen molar-refractivity contribution in [3.63, 3.8) is 0 Å². The lowest BCUT2D eigenvalue weighted by atomic mass is 10.0. The number of benzene rings is 4. The van der Waals surface area contributed by atoms with Gasteiger partial charge in [0, 0.05) is 48.5 Å². The van der Waals surface area contributed by atoms with Gasteiger partial charge in [0.1, 0.15) is 5.69 Å². The van der Waals surface area contributed by atoms with E-state index in [1.165, 1.54) is 6.92 Å². The van der Waals surface area contributed by atoms with Gasteiger partial charge < -0.3 is 15.0 Å². The van der Waals surface area contributed by atoms with Crippen LogP contribution in [0.4, 0.5) is 11.4 Å². The SMILES string of the molecule is CC(=O)Oc1c(-c2ccc(NC(=O)c3ccc(Cl)cc3)cc2)c(-c2ccc(N(C)C)cc2)nn1-c1cc(C)ccc1C. The highest BCUT2D eigenvalue weighted by Crippen LogP contribution is 2.42. The highest BCUT2D eigenvalue weighted by molar-refractivity contribution is 6.30. The first kappa shape index (κ1) is 28.6. The minimum Gasteiger partial charge on any atom is -0.407 e. The van der Waals surface area contributed by atoms with E-state index in [1.54, 1.807) is 28.9 Å². The van der Waals surface area contributed by atoms with E-state index in [1.807, 2.05) is 99.6 Å². The minimum atomic E-state index is -0.455. The Labute approximate surface area is 250 Å². The van der Waals surface area contributed by atoms with Crippen molar-refractivity contribution in [2.75, 3.05) is 24.3 Å². The molecule has 0 saturated heterocycles. The molecule has 0 saturated carbocycles. The van der Waals surface area contributed by atoms with Crippen molar-refractivity contribution < 1.29 is 14.3 Å². The summed E-state index contributed by atoms with van der Waals surface area (Å²) in [5, 5.41) is 8.50. The maximum atomic E-state index is 12.8. The summed E-state index contributed by atoms with van der Waals surface area (Å²) in [6.07, 6.45) is 0. The van der Waals surface area contributed by atoms with Crippen LogP contribution in [0.1, 0.15) is 28.4 Å². The van der Waals surface area contributed by atoms with E-state index in [4.69, 9.17) is 21.4 Å². The molecule has 0 unspecified atom stereocenters. The second-order valence-corrected chi connectivity index (χ2v) is 10.7. The Kier molecular flexibility index (Phi) is 8.13. The maximum absolute atomic E-state index is 12.8. The first-order valence-corrected chi connectivity index (χ1v) is 13.8. The van der Waals surface area contributed by atoms with Crippen LogP contribution in [-0.2, 0) is 4.79 Å². The smallest absolute Gasteiger partial charge is 0.309 e. The molecule has 212 valence electrons. The maximum Gasteiger partial charge on any atom is 0.309 e. The molecule has 0 atom stereocenters. The van der Waals surface area contributed by atoms with Gasteiger partial charge in [0.05, 0.1) is 11.3 Å². The number of esters is 1. The predicted octanol–water partition coefficient (Wildman–Crippen LogP) is 7.72. The average molecular weight is 579 g/mol. The fourth-order valence-electron chi connectivity index (χ4n) is 4.65. The molecule has 42 heavy (non-hydrogen) atoms. The number of carbonyl (C=O) groups excluding carboxylic acids is 2. The van der Waals surface area contributed by atoms with Crippen LogP contribution in [0.25, 0.3) is 28.1 Å². The summed E-state index contributed by atoms with van der Waals surface area (Å²) in [5.74, 6) is -0.380. The molecule has 0 bridgehead atoms. The highest BCUT2D eigenvalue weighted by atomic mass is 35.5. The summed E-state index contributed by atoms with van der Waals surface area (Å²) in [5.41, 5.74) is 8.00. The topological polar surface area (TPSA) is 76.5 Å². The van der Waals surface area contributed by atoms with Crippen LogP contribution in [0.3, 0.4) is 0 Å². The zero-order chi connectivity index (χ0) is 30.0. The van der Waals surface area contributed by atoms with Crippen molar-refractivity contribution in [3.8, 4) is 34.0 Å². The number of hydrogen-bond donors (Lipinski definition) is 1. The molecule has 0 radical (unpaired) electrons. The van der Waals surface area contributed by atoms with Crippen molar-refractivity contribution >= 4 is 34.9 Å². The van der Waals surface area contributed by atoms with E-state index >= 15 is 0 Å². The lowest BCUT2D eigenvalue weighted by Crippen LogP contribution is -2.11. The van der Waals surface area contributed by atoms with E-state index in [9.17, 15) is 9.59 Å². The molecule has 1 heterocycles. The normalized spacial score (nSPS) is 10.8. The summed E-state index contributed by atoms with van der Waals surface area (Å²) in [6, 6.07) is 28.2. The summed E-state index contributed by atoms with van der Waals surface area (Å²) >= 11 is 5.96. The van der Waals surface area contributed by atoms with Crippen molar-refractivity contribution in [1.82, 2.24) is 9.78 Å². The van der Waals surface area contributed by atoms with Crippen molar-refractivity contribution in [3.05, 3.63) is 113 Å². The number of amides is 1. The van der Waals surface area contributed by atoms with E-state index in [0.717, 1.165) is 33.6 Å². The molecule has 5 aromatic rings. The molecule has 0 aliphatic rings. The zero-order valence-corrected chi connectivity index (χ0v) is 24.9. The third-order valence-corrected chi connectivity index (χ3v) is 7.12. The van der Waals surface area contributed by atoms with Gasteiger partial charge in [0.2, 0.25) is 5.88 Å². The Morgan fingerprint density at radius 2 is 1.50 bits per heavy atom. The van der Waals surface area contributed by atoms with Crippen LogP contribution in [0.5, 0.6) is 5.88 Å². The molecule has 0 fully saturated rings. The zero-order valence-electron chi connectivity index (χ0n) is 24.1. The summed E-state index contributed by atoms with van der Waals surface area (Å²) in [4.78, 5) is 27.2. The first-order valence-electron chi connectivity index (χ1n) is 13.4. The van der Waals surface area contributed by atoms with Gasteiger partial charge in [-0.2, -0.15) is 9.78 Å². The number of anilines is 2. The molecule has 0 aliphatic heterocycles. The van der Waals surface area contributed by atoms with Crippen LogP contribution >= 0.6 is 11.6 Å². The van der Waals surface area contributed by atoms with E-state index < -0.39 is 5.97 Å².